The van der Waals surface area contributed by atoms with Gasteiger partial charge in [-0.1, -0.05) is 24.3 Å². The summed E-state index contributed by atoms with van der Waals surface area (Å²) in [4.78, 5) is 18.8. The van der Waals surface area contributed by atoms with Crippen LogP contribution in [-0.4, -0.2) is 33.4 Å². The summed E-state index contributed by atoms with van der Waals surface area (Å²) in [6.45, 7) is 2.12. The van der Waals surface area contributed by atoms with E-state index in [1.165, 1.54) is 12.1 Å². The third kappa shape index (κ3) is 3.27. The molecule has 4 rings (SSSR count). The van der Waals surface area contributed by atoms with Crippen molar-refractivity contribution in [1.82, 2.24) is 14.5 Å². The highest BCUT2D eigenvalue weighted by Gasteiger charge is 2.27. The number of aryl methyl sites for hydroxylation is 1. The zero-order valence-corrected chi connectivity index (χ0v) is 13.9. The first-order valence-corrected chi connectivity index (χ1v) is 8.64. The highest BCUT2D eigenvalue weighted by molar-refractivity contribution is 5.78. The maximum atomic E-state index is 13.1. The van der Waals surface area contributed by atoms with Crippen LogP contribution in [0.15, 0.2) is 54.9 Å². The largest absolute Gasteiger partial charge is 0.342 e. The van der Waals surface area contributed by atoms with Crippen LogP contribution in [0.5, 0.6) is 0 Å². The Balaban J connectivity index is 1.36. The average molecular weight is 337 g/mol. The van der Waals surface area contributed by atoms with Crippen LogP contribution < -0.4 is 0 Å². The number of carbonyl (C=O) groups is 1. The van der Waals surface area contributed by atoms with E-state index in [2.05, 4.69) is 4.98 Å². The van der Waals surface area contributed by atoms with E-state index in [1.807, 2.05) is 45.9 Å². The molecule has 4 nitrogen and oxygen atoms in total. The predicted octanol–water partition coefficient (Wildman–Crippen LogP) is 3.58. The predicted molar refractivity (Wildman–Crippen MR) is 94.7 cm³/mol. The number of fused-ring (bicyclic) bond motifs is 1. The van der Waals surface area contributed by atoms with Gasteiger partial charge in [-0.3, -0.25) is 4.79 Å². The van der Waals surface area contributed by atoms with Gasteiger partial charge in [-0.05, 0) is 36.2 Å². The van der Waals surface area contributed by atoms with Gasteiger partial charge in [0.15, 0.2) is 0 Å². The van der Waals surface area contributed by atoms with Crippen molar-refractivity contribution >= 4 is 16.9 Å². The second kappa shape index (κ2) is 6.67. The third-order valence-corrected chi connectivity index (χ3v) is 4.98. The van der Waals surface area contributed by atoms with Crippen molar-refractivity contribution in [2.75, 3.05) is 13.1 Å². The van der Waals surface area contributed by atoms with E-state index in [9.17, 15) is 9.18 Å². The molecule has 2 aromatic carbocycles. The number of nitrogens with zero attached hydrogens (tertiary/aromatic N) is 3. The van der Waals surface area contributed by atoms with Crippen LogP contribution in [0.4, 0.5) is 4.39 Å². The molecule has 0 bridgehead atoms. The van der Waals surface area contributed by atoms with E-state index in [0.29, 0.717) is 18.9 Å². The number of para-hydroxylation sites is 2. The molecular formula is C20H20FN3O. The molecule has 2 heterocycles. The Morgan fingerprint density at radius 1 is 1.16 bits per heavy atom. The fourth-order valence-electron chi connectivity index (χ4n) is 3.56. The van der Waals surface area contributed by atoms with E-state index in [1.54, 1.807) is 6.33 Å². The Labute approximate surface area is 145 Å². The molecule has 0 N–H and O–H groups in total. The zero-order chi connectivity index (χ0) is 17.2. The average Bonchev–Trinajstić information content (AvgIpc) is 3.28. The molecule has 1 aromatic heterocycles. The highest BCUT2D eigenvalue weighted by Crippen LogP contribution is 2.27. The Morgan fingerprint density at radius 2 is 1.96 bits per heavy atom. The lowest BCUT2D eigenvalue weighted by Gasteiger charge is -2.17. The molecule has 5 heteroatoms. The van der Waals surface area contributed by atoms with E-state index < -0.39 is 0 Å². The first kappa shape index (κ1) is 15.8. The molecule has 128 valence electrons. The highest BCUT2D eigenvalue weighted by atomic mass is 19.1. The van der Waals surface area contributed by atoms with Crippen LogP contribution in [0.2, 0.25) is 0 Å². The van der Waals surface area contributed by atoms with Crippen molar-refractivity contribution in [2.45, 2.75) is 25.3 Å². The number of likely N-dealkylation sites (tertiary alicyclic amines) is 1. The minimum absolute atomic E-state index is 0.169. The van der Waals surface area contributed by atoms with E-state index in [0.717, 1.165) is 36.1 Å². The molecule has 0 aliphatic carbocycles. The lowest BCUT2D eigenvalue weighted by atomic mass is 9.99. The summed E-state index contributed by atoms with van der Waals surface area (Å²) < 4.78 is 15.1. The van der Waals surface area contributed by atoms with Crippen LogP contribution >= 0.6 is 0 Å². The maximum Gasteiger partial charge on any atom is 0.224 e. The number of amides is 1. The van der Waals surface area contributed by atoms with E-state index >= 15 is 0 Å². The molecule has 1 atom stereocenters. The Bertz CT molecular complexity index is 887. The molecule has 0 saturated carbocycles. The van der Waals surface area contributed by atoms with Gasteiger partial charge in [0.25, 0.3) is 0 Å². The molecular weight excluding hydrogens is 317 g/mol. The molecule has 3 aromatic rings. The lowest BCUT2D eigenvalue weighted by molar-refractivity contribution is -0.130. The van der Waals surface area contributed by atoms with Crippen LogP contribution in [0.1, 0.15) is 24.3 Å². The van der Waals surface area contributed by atoms with Crippen molar-refractivity contribution in [2.24, 2.45) is 0 Å². The van der Waals surface area contributed by atoms with Crippen molar-refractivity contribution < 1.29 is 9.18 Å². The summed E-state index contributed by atoms with van der Waals surface area (Å²) in [6, 6.07) is 14.6. The number of hydrogen-bond acceptors (Lipinski definition) is 2. The molecule has 1 aliphatic rings. The van der Waals surface area contributed by atoms with Crippen LogP contribution in [-0.2, 0) is 11.3 Å². The fraction of sp³-hybridized carbons (Fsp3) is 0.300. The summed E-state index contributed by atoms with van der Waals surface area (Å²) in [5, 5.41) is 0. The lowest BCUT2D eigenvalue weighted by Crippen LogP contribution is -2.29. The summed E-state index contributed by atoms with van der Waals surface area (Å²) in [5.41, 5.74) is 3.12. The van der Waals surface area contributed by atoms with Crippen molar-refractivity contribution in [3.8, 4) is 0 Å². The summed E-state index contributed by atoms with van der Waals surface area (Å²) in [6.07, 6.45) is 3.20. The molecule has 1 aliphatic heterocycles. The SMILES string of the molecule is O=C(CCn1cnc2ccccc21)N1CC[C@H](c2ccc(F)cc2)C1. The normalized spacial score (nSPS) is 17.3. The van der Waals surface area contributed by atoms with Crippen LogP contribution in [0.25, 0.3) is 11.0 Å². The summed E-state index contributed by atoms with van der Waals surface area (Å²) in [5.74, 6) is 0.253. The number of hydrogen-bond donors (Lipinski definition) is 0. The first-order valence-electron chi connectivity index (χ1n) is 8.64. The molecule has 1 saturated heterocycles. The van der Waals surface area contributed by atoms with Crippen molar-refractivity contribution in [3.05, 3.63) is 66.2 Å². The molecule has 0 spiro atoms. The van der Waals surface area contributed by atoms with Gasteiger partial charge in [0.1, 0.15) is 5.82 Å². The van der Waals surface area contributed by atoms with Gasteiger partial charge >= 0.3 is 0 Å². The van der Waals surface area contributed by atoms with Gasteiger partial charge < -0.3 is 9.47 Å². The van der Waals surface area contributed by atoms with Crippen molar-refractivity contribution in [1.29, 1.82) is 0 Å². The van der Waals surface area contributed by atoms with Gasteiger partial charge in [0.2, 0.25) is 5.91 Å². The number of imidazole rings is 1. The number of benzene rings is 2. The monoisotopic (exact) mass is 337 g/mol. The standard InChI is InChI=1S/C20H20FN3O/c21-17-7-5-15(6-8-17)16-9-11-23(13-16)20(25)10-12-24-14-22-18-3-1-2-4-19(18)24/h1-8,14,16H,9-13H2/t16-/m0/s1. The maximum absolute atomic E-state index is 13.1. The molecule has 0 unspecified atom stereocenters. The number of aromatic nitrogens is 2. The van der Waals surface area contributed by atoms with Gasteiger partial charge in [-0.15, -0.1) is 0 Å². The molecule has 1 fully saturated rings. The van der Waals surface area contributed by atoms with E-state index in [-0.39, 0.29) is 11.7 Å². The minimum Gasteiger partial charge on any atom is -0.342 e. The molecule has 25 heavy (non-hydrogen) atoms. The smallest absolute Gasteiger partial charge is 0.224 e. The fourth-order valence-corrected chi connectivity index (χ4v) is 3.56. The van der Waals surface area contributed by atoms with Crippen LogP contribution in [0.3, 0.4) is 0 Å². The third-order valence-electron chi connectivity index (χ3n) is 4.98. The Kier molecular flexibility index (Phi) is 4.22. The molecule has 0 radical (unpaired) electrons. The van der Waals surface area contributed by atoms with Gasteiger partial charge in [0, 0.05) is 32.0 Å². The van der Waals surface area contributed by atoms with Gasteiger partial charge in [-0.25, -0.2) is 9.37 Å². The zero-order valence-electron chi connectivity index (χ0n) is 13.9. The second-order valence-electron chi connectivity index (χ2n) is 6.55. The summed E-state index contributed by atoms with van der Waals surface area (Å²) >= 11 is 0. The first-order chi connectivity index (χ1) is 12.2. The number of carbonyl (C=O) groups excluding carboxylic acids is 1. The quantitative estimate of drug-likeness (QED) is 0.730. The topological polar surface area (TPSA) is 38.1 Å². The second-order valence-corrected chi connectivity index (χ2v) is 6.55. The van der Waals surface area contributed by atoms with E-state index in [4.69, 9.17) is 0 Å². The number of rotatable bonds is 4. The van der Waals surface area contributed by atoms with Crippen LogP contribution in [0, 0.1) is 5.82 Å². The Morgan fingerprint density at radius 3 is 2.80 bits per heavy atom. The summed E-state index contributed by atoms with van der Waals surface area (Å²) in [7, 11) is 0. The van der Waals surface area contributed by atoms with Gasteiger partial charge in [-0.2, -0.15) is 0 Å². The Hall–Kier alpha value is -2.69. The van der Waals surface area contributed by atoms with Crippen molar-refractivity contribution in [3.63, 3.8) is 0 Å². The number of halogens is 1. The molecule has 1 amide bonds. The van der Waals surface area contributed by atoms with Gasteiger partial charge in [0.05, 0.1) is 17.4 Å². The minimum atomic E-state index is -0.220.